The van der Waals surface area contributed by atoms with E-state index in [9.17, 15) is 0 Å². The van der Waals surface area contributed by atoms with Gasteiger partial charge < -0.3 is 10.5 Å². The van der Waals surface area contributed by atoms with Crippen molar-refractivity contribution in [1.29, 1.82) is 0 Å². The van der Waals surface area contributed by atoms with Gasteiger partial charge in [0, 0.05) is 19.0 Å². The van der Waals surface area contributed by atoms with Gasteiger partial charge in [-0.1, -0.05) is 31.3 Å². The zero-order valence-corrected chi connectivity index (χ0v) is 12.3. The first kappa shape index (κ1) is 14.3. The summed E-state index contributed by atoms with van der Waals surface area (Å²) in [5, 5.41) is 0. The van der Waals surface area contributed by atoms with Gasteiger partial charge in [-0.25, -0.2) is 0 Å². The number of nitrogens with two attached hydrogens (primary N) is 1. The van der Waals surface area contributed by atoms with Gasteiger partial charge in [0.15, 0.2) is 0 Å². The summed E-state index contributed by atoms with van der Waals surface area (Å²) in [6.07, 6.45) is 3.35. The molecule has 0 heterocycles. The SMILES string of the molecule is CCN(CCOc1ccc(CC(N)=S)cc1)C1CC1. The smallest absolute Gasteiger partial charge is 0.119 e. The molecule has 1 aliphatic carbocycles. The molecule has 104 valence electrons. The third-order valence-electron chi connectivity index (χ3n) is 3.42. The molecule has 1 fully saturated rings. The molecule has 0 atom stereocenters. The predicted octanol–water partition coefficient (Wildman–Crippen LogP) is 2.38. The predicted molar refractivity (Wildman–Crippen MR) is 82.7 cm³/mol. The Morgan fingerprint density at radius 1 is 1.37 bits per heavy atom. The van der Waals surface area contributed by atoms with Gasteiger partial charge >= 0.3 is 0 Å². The fourth-order valence-corrected chi connectivity index (χ4v) is 2.39. The van der Waals surface area contributed by atoms with Crippen molar-refractivity contribution in [2.45, 2.75) is 32.2 Å². The first-order valence-electron chi connectivity index (χ1n) is 6.93. The summed E-state index contributed by atoms with van der Waals surface area (Å²) in [6, 6.07) is 8.82. The van der Waals surface area contributed by atoms with Crippen LogP contribution >= 0.6 is 12.2 Å². The highest BCUT2D eigenvalue weighted by Crippen LogP contribution is 2.26. The Labute approximate surface area is 120 Å². The van der Waals surface area contributed by atoms with Gasteiger partial charge in [0.2, 0.25) is 0 Å². The van der Waals surface area contributed by atoms with Gasteiger partial charge in [-0.15, -0.1) is 0 Å². The molecule has 4 heteroatoms. The number of hydrogen-bond acceptors (Lipinski definition) is 3. The van der Waals surface area contributed by atoms with Crippen molar-refractivity contribution in [2.75, 3.05) is 19.7 Å². The van der Waals surface area contributed by atoms with E-state index in [1.165, 1.54) is 12.8 Å². The molecule has 3 nitrogen and oxygen atoms in total. The second kappa shape index (κ2) is 6.87. The standard InChI is InChI=1S/C15H22N2OS/c1-2-17(13-5-6-13)9-10-18-14-7-3-12(4-8-14)11-15(16)19/h3-4,7-8,13H,2,5-6,9-11H2,1H3,(H2,16,19). The van der Waals surface area contributed by atoms with Crippen LogP contribution < -0.4 is 10.5 Å². The fourth-order valence-electron chi connectivity index (χ4n) is 2.22. The lowest BCUT2D eigenvalue weighted by Crippen LogP contribution is -2.30. The molecule has 0 aliphatic heterocycles. The average Bonchev–Trinajstić information content (AvgIpc) is 3.20. The minimum Gasteiger partial charge on any atom is -0.492 e. The molecule has 1 aromatic carbocycles. The van der Waals surface area contributed by atoms with Crippen LogP contribution in [0.5, 0.6) is 5.75 Å². The molecular formula is C15H22N2OS. The lowest BCUT2D eigenvalue weighted by molar-refractivity contribution is 0.209. The van der Waals surface area contributed by atoms with Crippen molar-refractivity contribution in [2.24, 2.45) is 5.73 Å². The highest BCUT2D eigenvalue weighted by molar-refractivity contribution is 7.80. The Kier molecular flexibility index (Phi) is 5.16. The monoisotopic (exact) mass is 278 g/mol. The van der Waals surface area contributed by atoms with Gasteiger partial charge in [-0.3, -0.25) is 4.90 Å². The Hall–Kier alpha value is -1.13. The fraction of sp³-hybridized carbons (Fsp3) is 0.533. The van der Waals surface area contributed by atoms with Gasteiger partial charge in [0.05, 0.1) is 4.99 Å². The normalized spacial score (nSPS) is 14.6. The maximum absolute atomic E-state index is 5.77. The average molecular weight is 278 g/mol. The first-order chi connectivity index (χ1) is 9.19. The van der Waals surface area contributed by atoms with Crippen LogP contribution in [0.25, 0.3) is 0 Å². The summed E-state index contributed by atoms with van der Waals surface area (Å²) in [4.78, 5) is 3.01. The molecular weight excluding hydrogens is 256 g/mol. The Morgan fingerprint density at radius 2 is 2.05 bits per heavy atom. The molecule has 1 aromatic rings. The second-order valence-corrected chi connectivity index (χ2v) is 5.52. The molecule has 0 bridgehead atoms. The van der Waals surface area contributed by atoms with Gasteiger partial charge in [-0.05, 0) is 37.1 Å². The topological polar surface area (TPSA) is 38.5 Å². The molecule has 0 spiro atoms. The third-order valence-corrected chi connectivity index (χ3v) is 3.56. The van der Waals surface area contributed by atoms with Crippen molar-refractivity contribution in [3.63, 3.8) is 0 Å². The van der Waals surface area contributed by atoms with Crippen LogP contribution in [0.1, 0.15) is 25.3 Å². The van der Waals surface area contributed by atoms with Crippen LogP contribution in [-0.2, 0) is 6.42 Å². The Bertz CT molecular complexity index is 415. The van der Waals surface area contributed by atoms with E-state index in [0.717, 1.165) is 37.1 Å². The summed E-state index contributed by atoms with van der Waals surface area (Å²) in [5.74, 6) is 0.915. The number of benzene rings is 1. The largest absolute Gasteiger partial charge is 0.492 e. The highest BCUT2D eigenvalue weighted by atomic mass is 32.1. The van der Waals surface area contributed by atoms with Crippen molar-refractivity contribution in [1.82, 2.24) is 4.90 Å². The molecule has 0 amide bonds. The molecule has 2 N–H and O–H groups in total. The van der Waals surface area contributed by atoms with Crippen LogP contribution in [0.3, 0.4) is 0 Å². The highest BCUT2D eigenvalue weighted by Gasteiger charge is 2.27. The van der Waals surface area contributed by atoms with E-state index in [0.29, 0.717) is 11.4 Å². The molecule has 1 aliphatic rings. The van der Waals surface area contributed by atoms with Gasteiger partial charge in [-0.2, -0.15) is 0 Å². The van der Waals surface area contributed by atoms with E-state index in [1.54, 1.807) is 0 Å². The maximum atomic E-state index is 5.77. The number of hydrogen-bond donors (Lipinski definition) is 1. The summed E-state index contributed by atoms with van der Waals surface area (Å²) in [6.45, 7) is 5.08. The molecule has 0 saturated heterocycles. The minimum atomic E-state index is 0.525. The zero-order valence-electron chi connectivity index (χ0n) is 11.5. The molecule has 1 saturated carbocycles. The molecule has 0 unspecified atom stereocenters. The summed E-state index contributed by atoms with van der Waals surface area (Å²) in [7, 11) is 0. The van der Waals surface area contributed by atoms with Crippen LogP contribution in [-0.4, -0.2) is 35.6 Å². The van der Waals surface area contributed by atoms with E-state index in [2.05, 4.69) is 11.8 Å². The maximum Gasteiger partial charge on any atom is 0.119 e. The molecule has 0 radical (unpaired) electrons. The Morgan fingerprint density at radius 3 is 2.58 bits per heavy atom. The lowest BCUT2D eigenvalue weighted by atomic mass is 10.1. The number of nitrogens with zero attached hydrogens (tertiary/aromatic N) is 1. The zero-order chi connectivity index (χ0) is 13.7. The van der Waals surface area contributed by atoms with E-state index in [-0.39, 0.29) is 0 Å². The minimum absolute atomic E-state index is 0.525. The van der Waals surface area contributed by atoms with Crippen LogP contribution in [0.15, 0.2) is 24.3 Å². The number of likely N-dealkylation sites (N-methyl/N-ethyl adjacent to an activating group) is 1. The van der Waals surface area contributed by atoms with Crippen LogP contribution in [0.4, 0.5) is 0 Å². The quantitative estimate of drug-likeness (QED) is 0.741. The van der Waals surface area contributed by atoms with E-state index < -0.39 is 0 Å². The van der Waals surface area contributed by atoms with Crippen LogP contribution in [0.2, 0.25) is 0 Å². The van der Waals surface area contributed by atoms with Crippen LogP contribution in [0, 0.1) is 0 Å². The van der Waals surface area contributed by atoms with E-state index in [4.69, 9.17) is 22.7 Å². The molecule has 0 aromatic heterocycles. The van der Waals surface area contributed by atoms with Crippen molar-refractivity contribution in [3.8, 4) is 5.75 Å². The first-order valence-corrected chi connectivity index (χ1v) is 7.34. The third kappa shape index (κ3) is 4.80. The van der Waals surface area contributed by atoms with Crippen molar-refractivity contribution < 1.29 is 4.74 Å². The second-order valence-electron chi connectivity index (χ2n) is 5.00. The summed E-state index contributed by atoms with van der Waals surface area (Å²) >= 11 is 4.89. The van der Waals surface area contributed by atoms with Crippen molar-refractivity contribution >= 4 is 17.2 Å². The number of thiocarbonyl (C=S) groups is 1. The Balaban J connectivity index is 1.74. The lowest BCUT2D eigenvalue weighted by Gasteiger charge is -2.19. The molecule has 19 heavy (non-hydrogen) atoms. The molecule has 2 rings (SSSR count). The number of rotatable bonds is 8. The van der Waals surface area contributed by atoms with Gasteiger partial charge in [0.1, 0.15) is 12.4 Å². The van der Waals surface area contributed by atoms with Gasteiger partial charge in [0.25, 0.3) is 0 Å². The van der Waals surface area contributed by atoms with E-state index >= 15 is 0 Å². The summed E-state index contributed by atoms with van der Waals surface area (Å²) in [5.41, 5.74) is 6.65. The number of ether oxygens (including phenoxy) is 1. The van der Waals surface area contributed by atoms with Crippen molar-refractivity contribution in [3.05, 3.63) is 29.8 Å². The van der Waals surface area contributed by atoms with E-state index in [1.807, 2.05) is 24.3 Å². The summed E-state index contributed by atoms with van der Waals surface area (Å²) < 4.78 is 5.77.